The van der Waals surface area contributed by atoms with Gasteiger partial charge in [0.05, 0.1) is 0 Å². The van der Waals surface area contributed by atoms with E-state index in [0.717, 1.165) is 109 Å². The van der Waals surface area contributed by atoms with Crippen LogP contribution in [0.3, 0.4) is 0 Å². The van der Waals surface area contributed by atoms with Crippen molar-refractivity contribution in [2.45, 2.75) is 239 Å². The number of rotatable bonds is 43. The Bertz CT molecular complexity index is 1070. The predicted octanol–water partition coefficient (Wildman–Crippen LogP) is 15.7. The first-order chi connectivity index (χ1) is 28.5. The Morgan fingerprint density at radius 3 is 1.14 bits per heavy atom. The summed E-state index contributed by atoms with van der Waals surface area (Å²) < 4.78 is 16.7. The van der Waals surface area contributed by atoms with Crippen molar-refractivity contribution in [3.63, 3.8) is 0 Å². The van der Waals surface area contributed by atoms with Crippen LogP contribution in [-0.2, 0) is 28.6 Å². The van der Waals surface area contributed by atoms with Gasteiger partial charge in [0.25, 0.3) is 0 Å². The van der Waals surface area contributed by atoms with E-state index in [9.17, 15) is 14.4 Å². The van der Waals surface area contributed by atoms with Crippen LogP contribution in [0.1, 0.15) is 233 Å². The number of carbonyl (C=O) groups is 3. The summed E-state index contributed by atoms with van der Waals surface area (Å²) >= 11 is 0. The molecule has 0 rings (SSSR count). The van der Waals surface area contributed by atoms with Gasteiger partial charge in [0, 0.05) is 19.3 Å². The normalized spacial score (nSPS) is 12.5. The first-order valence-corrected chi connectivity index (χ1v) is 24.3. The molecule has 0 saturated heterocycles. The number of ether oxygens (including phenoxy) is 3. The molecule has 0 aliphatic rings. The maximum atomic E-state index is 12.7. The van der Waals surface area contributed by atoms with Crippen molar-refractivity contribution < 1.29 is 28.6 Å². The molecule has 1 unspecified atom stereocenters. The van der Waals surface area contributed by atoms with Gasteiger partial charge in [-0.25, -0.2) is 0 Å². The van der Waals surface area contributed by atoms with Crippen LogP contribution in [0.25, 0.3) is 0 Å². The van der Waals surface area contributed by atoms with Gasteiger partial charge in [0.2, 0.25) is 0 Å². The standard InChI is InChI=1S/C52H90O6/c1-4-7-10-13-16-19-22-24-25-26-27-29-30-33-36-39-42-45-51(54)57-48-49(47-56-50(53)44-41-38-35-32-21-18-15-12-9-6-3)58-52(55)46-43-40-37-34-31-28-23-20-17-14-11-8-5-2/h7,10,12,15-16,19,24-25,27,29,49H,4-6,8-9,11,13-14,17-18,20-23,26,28,30-48H2,1-3H3/b10-7-,15-12-,19-16-,25-24-,29-27-. The van der Waals surface area contributed by atoms with Crippen molar-refractivity contribution in [3.05, 3.63) is 60.8 Å². The van der Waals surface area contributed by atoms with E-state index in [0.29, 0.717) is 19.3 Å². The van der Waals surface area contributed by atoms with E-state index in [1.54, 1.807) is 0 Å². The van der Waals surface area contributed by atoms with Gasteiger partial charge in [0.1, 0.15) is 13.2 Å². The Morgan fingerprint density at radius 2 is 0.707 bits per heavy atom. The van der Waals surface area contributed by atoms with Gasteiger partial charge in [-0.3, -0.25) is 14.4 Å². The zero-order valence-corrected chi connectivity index (χ0v) is 38.0. The Balaban J connectivity index is 4.39. The Kier molecular flexibility index (Phi) is 44.5. The monoisotopic (exact) mass is 811 g/mol. The average molecular weight is 811 g/mol. The molecule has 0 radical (unpaired) electrons. The zero-order valence-electron chi connectivity index (χ0n) is 38.0. The molecule has 0 saturated carbocycles. The molecule has 0 fully saturated rings. The molecule has 0 bridgehead atoms. The lowest BCUT2D eigenvalue weighted by Crippen LogP contribution is -2.30. The Labute approximate surface area is 358 Å². The minimum atomic E-state index is -0.783. The molecule has 6 heteroatoms. The summed E-state index contributed by atoms with van der Waals surface area (Å²) in [4.78, 5) is 37.8. The molecule has 0 aliphatic heterocycles. The molecular formula is C52H90O6. The molecule has 0 aromatic heterocycles. The van der Waals surface area contributed by atoms with Crippen LogP contribution in [-0.4, -0.2) is 37.2 Å². The SMILES string of the molecule is CC/C=C\C/C=C\C/C=C\C/C=C\CCCCCCC(=O)OCC(COC(=O)CCCCCCC/C=C\CCC)OC(=O)CCCCCCCCCCCCCCC. The second kappa shape index (κ2) is 46.8. The first kappa shape index (κ1) is 55.1. The van der Waals surface area contributed by atoms with Gasteiger partial charge in [0.15, 0.2) is 6.10 Å². The second-order valence-corrected chi connectivity index (χ2v) is 16.0. The third kappa shape index (κ3) is 44.2. The van der Waals surface area contributed by atoms with Crippen LogP contribution in [0.5, 0.6) is 0 Å². The molecule has 0 amide bonds. The lowest BCUT2D eigenvalue weighted by Gasteiger charge is -2.18. The summed E-state index contributed by atoms with van der Waals surface area (Å²) in [5.41, 5.74) is 0. The Morgan fingerprint density at radius 1 is 0.362 bits per heavy atom. The number of hydrogen-bond donors (Lipinski definition) is 0. The van der Waals surface area contributed by atoms with E-state index in [2.05, 4.69) is 81.5 Å². The smallest absolute Gasteiger partial charge is 0.306 e. The van der Waals surface area contributed by atoms with E-state index in [1.807, 2.05) is 0 Å². The third-order valence-corrected chi connectivity index (χ3v) is 10.2. The summed E-state index contributed by atoms with van der Waals surface area (Å²) in [7, 11) is 0. The summed E-state index contributed by atoms with van der Waals surface area (Å²) in [5, 5.41) is 0. The fraction of sp³-hybridized carbons (Fsp3) is 0.750. The number of allylic oxidation sites excluding steroid dienone is 10. The third-order valence-electron chi connectivity index (χ3n) is 10.2. The maximum Gasteiger partial charge on any atom is 0.306 e. The highest BCUT2D eigenvalue weighted by Gasteiger charge is 2.19. The highest BCUT2D eigenvalue weighted by Crippen LogP contribution is 2.15. The number of hydrogen-bond acceptors (Lipinski definition) is 6. The fourth-order valence-electron chi connectivity index (χ4n) is 6.61. The fourth-order valence-corrected chi connectivity index (χ4v) is 6.61. The van der Waals surface area contributed by atoms with Gasteiger partial charge in [-0.05, 0) is 77.0 Å². The second-order valence-electron chi connectivity index (χ2n) is 16.0. The molecule has 0 aliphatic carbocycles. The Hall–Kier alpha value is -2.89. The van der Waals surface area contributed by atoms with E-state index in [4.69, 9.17) is 14.2 Å². The van der Waals surface area contributed by atoms with Gasteiger partial charge in [-0.2, -0.15) is 0 Å². The van der Waals surface area contributed by atoms with Crippen molar-refractivity contribution in [1.82, 2.24) is 0 Å². The van der Waals surface area contributed by atoms with Crippen LogP contribution in [0, 0.1) is 0 Å². The van der Waals surface area contributed by atoms with Gasteiger partial charge >= 0.3 is 17.9 Å². The lowest BCUT2D eigenvalue weighted by atomic mass is 10.0. The summed E-state index contributed by atoms with van der Waals surface area (Å²) in [6, 6.07) is 0. The average Bonchev–Trinajstić information content (AvgIpc) is 3.22. The van der Waals surface area contributed by atoms with Crippen LogP contribution < -0.4 is 0 Å². The van der Waals surface area contributed by atoms with Gasteiger partial charge in [-0.1, -0.05) is 197 Å². The number of unbranched alkanes of at least 4 members (excludes halogenated alkanes) is 22. The van der Waals surface area contributed by atoms with Crippen LogP contribution in [0.15, 0.2) is 60.8 Å². The van der Waals surface area contributed by atoms with E-state index in [-0.39, 0.29) is 31.1 Å². The molecule has 334 valence electrons. The molecule has 0 aromatic rings. The summed E-state index contributed by atoms with van der Waals surface area (Å²) in [6.07, 6.45) is 56.3. The maximum absolute atomic E-state index is 12.7. The van der Waals surface area contributed by atoms with Crippen LogP contribution >= 0.6 is 0 Å². The molecule has 1 atom stereocenters. The molecule has 0 heterocycles. The lowest BCUT2D eigenvalue weighted by molar-refractivity contribution is -0.167. The largest absolute Gasteiger partial charge is 0.462 e. The van der Waals surface area contributed by atoms with Crippen molar-refractivity contribution in [1.29, 1.82) is 0 Å². The summed E-state index contributed by atoms with van der Waals surface area (Å²) in [6.45, 7) is 6.43. The summed E-state index contributed by atoms with van der Waals surface area (Å²) in [5.74, 6) is -0.918. The van der Waals surface area contributed by atoms with Crippen LogP contribution in [0.4, 0.5) is 0 Å². The highest BCUT2D eigenvalue weighted by molar-refractivity contribution is 5.71. The van der Waals surface area contributed by atoms with E-state index >= 15 is 0 Å². The number of carbonyl (C=O) groups excluding carboxylic acids is 3. The van der Waals surface area contributed by atoms with Gasteiger partial charge in [-0.15, -0.1) is 0 Å². The molecular weight excluding hydrogens is 721 g/mol. The topological polar surface area (TPSA) is 78.9 Å². The van der Waals surface area contributed by atoms with Crippen molar-refractivity contribution in [2.24, 2.45) is 0 Å². The minimum absolute atomic E-state index is 0.0855. The van der Waals surface area contributed by atoms with E-state index in [1.165, 1.54) is 83.5 Å². The van der Waals surface area contributed by atoms with Crippen molar-refractivity contribution >= 4 is 17.9 Å². The molecule has 0 aromatic carbocycles. The molecule has 0 N–H and O–H groups in total. The molecule has 58 heavy (non-hydrogen) atoms. The van der Waals surface area contributed by atoms with Crippen LogP contribution in [0.2, 0.25) is 0 Å². The molecule has 0 spiro atoms. The number of esters is 3. The van der Waals surface area contributed by atoms with Gasteiger partial charge < -0.3 is 14.2 Å². The zero-order chi connectivity index (χ0) is 42.3. The quantitative estimate of drug-likeness (QED) is 0.0264. The minimum Gasteiger partial charge on any atom is -0.462 e. The van der Waals surface area contributed by atoms with Crippen molar-refractivity contribution in [3.8, 4) is 0 Å². The van der Waals surface area contributed by atoms with Crippen molar-refractivity contribution in [2.75, 3.05) is 13.2 Å². The van der Waals surface area contributed by atoms with E-state index < -0.39 is 6.10 Å². The highest BCUT2D eigenvalue weighted by atomic mass is 16.6. The predicted molar refractivity (Wildman–Crippen MR) is 247 cm³/mol. The first-order valence-electron chi connectivity index (χ1n) is 24.3. The molecule has 6 nitrogen and oxygen atoms in total.